The van der Waals surface area contributed by atoms with E-state index < -0.39 is 11.9 Å². The molecule has 1 heterocycles. The van der Waals surface area contributed by atoms with Crippen LogP contribution in [0.2, 0.25) is 0 Å². The zero-order valence-electron chi connectivity index (χ0n) is 9.70. The van der Waals surface area contributed by atoms with Crippen LogP contribution in [0.1, 0.15) is 16.8 Å². The maximum atomic E-state index is 12.1. The summed E-state index contributed by atoms with van der Waals surface area (Å²) in [7, 11) is 0. The van der Waals surface area contributed by atoms with E-state index in [2.05, 4.69) is 0 Å². The van der Waals surface area contributed by atoms with Crippen molar-refractivity contribution in [3.63, 3.8) is 0 Å². The number of benzene rings is 1. The minimum Gasteiger partial charge on any atom is -0.481 e. The number of hydrogen-bond acceptors (Lipinski definition) is 3. The van der Waals surface area contributed by atoms with Crippen LogP contribution < -0.4 is 0 Å². The zero-order valence-corrected chi connectivity index (χ0v) is 9.70. The van der Waals surface area contributed by atoms with Crippen LogP contribution in [0.25, 0.3) is 0 Å². The molecular weight excluding hydrogens is 234 g/mol. The van der Waals surface area contributed by atoms with E-state index in [0.29, 0.717) is 5.56 Å². The zero-order chi connectivity index (χ0) is 13.1. The maximum absolute atomic E-state index is 12.1. The van der Waals surface area contributed by atoms with Gasteiger partial charge in [0.05, 0.1) is 0 Å². The molecule has 1 N–H and O–H groups in total. The number of carbonyl (C=O) groups is 3. The van der Waals surface area contributed by atoms with Crippen molar-refractivity contribution in [1.82, 2.24) is 4.90 Å². The molecule has 0 aromatic heterocycles. The summed E-state index contributed by atoms with van der Waals surface area (Å²) in [5.74, 6) is -2.79. The highest BCUT2D eigenvalue weighted by Gasteiger charge is 2.34. The smallest absolute Gasteiger partial charge is 0.315 e. The van der Waals surface area contributed by atoms with Gasteiger partial charge < -0.3 is 10.0 Å². The first kappa shape index (κ1) is 12.3. The minimum absolute atomic E-state index is 0.0398. The Morgan fingerprint density at radius 1 is 1.22 bits per heavy atom. The lowest BCUT2D eigenvalue weighted by Crippen LogP contribution is -2.46. The number of carboxylic acid groups (broad SMARTS) is 1. The molecule has 0 bridgehead atoms. The Morgan fingerprint density at radius 3 is 2.50 bits per heavy atom. The molecule has 1 saturated heterocycles. The molecule has 1 aromatic rings. The SMILES string of the molecule is O=C(O)C1CN(C(=O)c2ccccc2)CCC1=O. The largest absolute Gasteiger partial charge is 0.481 e. The first-order valence-electron chi connectivity index (χ1n) is 5.69. The number of carboxylic acids is 1. The van der Waals surface area contributed by atoms with Crippen LogP contribution in [-0.2, 0) is 9.59 Å². The number of amides is 1. The molecule has 1 aliphatic heterocycles. The fourth-order valence-electron chi connectivity index (χ4n) is 2.00. The fourth-order valence-corrected chi connectivity index (χ4v) is 2.00. The quantitative estimate of drug-likeness (QED) is 0.784. The van der Waals surface area contributed by atoms with Gasteiger partial charge in [-0.25, -0.2) is 0 Å². The van der Waals surface area contributed by atoms with Crippen molar-refractivity contribution in [1.29, 1.82) is 0 Å². The van der Waals surface area contributed by atoms with Gasteiger partial charge in [0, 0.05) is 25.1 Å². The summed E-state index contributed by atoms with van der Waals surface area (Å²) in [5.41, 5.74) is 0.510. The third kappa shape index (κ3) is 2.40. The Hall–Kier alpha value is -2.17. The Kier molecular flexibility index (Phi) is 3.41. The maximum Gasteiger partial charge on any atom is 0.315 e. The van der Waals surface area contributed by atoms with Crippen LogP contribution in [0.5, 0.6) is 0 Å². The predicted octanol–water partition coefficient (Wildman–Crippen LogP) is 0.802. The molecule has 1 fully saturated rings. The average molecular weight is 247 g/mol. The summed E-state index contributed by atoms with van der Waals surface area (Å²) in [4.78, 5) is 35.9. The van der Waals surface area contributed by atoms with Gasteiger partial charge in [-0.05, 0) is 12.1 Å². The van der Waals surface area contributed by atoms with E-state index in [1.54, 1.807) is 30.3 Å². The highest BCUT2D eigenvalue weighted by molar-refractivity contribution is 6.01. The molecule has 1 aliphatic rings. The first-order chi connectivity index (χ1) is 8.59. The predicted molar refractivity (Wildman–Crippen MR) is 63.1 cm³/mol. The molecule has 0 radical (unpaired) electrons. The normalized spacial score (nSPS) is 19.7. The summed E-state index contributed by atoms with van der Waals surface area (Å²) in [5, 5.41) is 8.92. The van der Waals surface area contributed by atoms with Gasteiger partial charge in [-0.15, -0.1) is 0 Å². The molecule has 1 aromatic carbocycles. The average Bonchev–Trinajstić information content (AvgIpc) is 2.39. The molecule has 0 aliphatic carbocycles. The number of ketones is 1. The lowest BCUT2D eigenvalue weighted by molar-refractivity contribution is -0.148. The van der Waals surface area contributed by atoms with Crippen molar-refractivity contribution >= 4 is 17.7 Å². The van der Waals surface area contributed by atoms with E-state index in [1.165, 1.54) is 4.90 Å². The number of hydrogen-bond donors (Lipinski definition) is 1. The molecule has 1 amide bonds. The van der Waals surface area contributed by atoms with Crippen LogP contribution in [-0.4, -0.2) is 40.8 Å². The van der Waals surface area contributed by atoms with E-state index in [4.69, 9.17) is 5.11 Å². The van der Waals surface area contributed by atoms with Crippen LogP contribution in [0.4, 0.5) is 0 Å². The Labute approximate surface area is 104 Å². The van der Waals surface area contributed by atoms with Crippen molar-refractivity contribution in [2.45, 2.75) is 6.42 Å². The van der Waals surface area contributed by atoms with Crippen molar-refractivity contribution in [2.24, 2.45) is 5.92 Å². The minimum atomic E-state index is -1.16. The van der Waals surface area contributed by atoms with Gasteiger partial charge in [-0.2, -0.15) is 0 Å². The lowest BCUT2D eigenvalue weighted by Gasteiger charge is -2.29. The second-order valence-corrected chi connectivity index (χ2v) is 4.22. The molecule has 1 unspecified atom stereocenters. The molecule has 2 rings (SSSR count). The van der Waals surface area contributed by atoms with E-state index >= 15 is 0 Å². The number of piperidine rings is 1. The Morgan fingerprint density at radius 2 is 1.89 bits per heavy atom. The summed E-state index contributed by atoms with van der Waals surface area (Å²) in [6.45, 7) is 0.248. The van der Waals surface area contributed by atoms with Crippen molar-refractivity contribution in [3.8, 4) is 0 Å². The van der Waals surface area contributed by atoms with Gasteiger partial charge in [0.2, 0.25) is 0 Å². The Balaban J connectivity index is 2.13. The van der Waals surface area contributed by atoms with Gasteiger partial charge in [0.1, 0.15) is 5.92 Å². The van der Waals surface area contributed by atoms with Crippen LogP contribution in [0, 0.1) is 5.92 Å². The van der Waals surface area contributed by atoms with Crippen LogP contribution in [0.15, 0.2) is 30.3 Å². The van der Waals surface area contributed by atoms with Gasteiger partial charge in [-0.3, -0.25) is 14.4 Å². The second-order valence-electron chi connectivity index (χ2n) is 4.22. The third-order valence-corrected chi connectivity index (χ3v) is 3.03. The number of nitrogens with zero attached hydrogens (tertiary/aromatic N) is 1. The number of likely N-dealkylation sites (tertiary alicyclic amines) is 1. The van der Waals surface area contributed by atoms with E-state index in [9.17, 15) is 14.4 Å². The summed E-state index contributed by atoms with van der Waals surface area (Å²) < 4.78 is 0. The van der Waals surface area contributed by atoms with Gasteiger partial charge >= 0.3 is 5.97 Å². The molecular formula is C13H13NO4. The molecule has 0 saturated carbocycles. The molecule has 18 heavy (non-hydrogen) atoms. The van der Waals surface area contributed by atoms with Crippen LogP contribution >= 0.6 is 0 Å². The van der Waals surface area contributed by atoms with Crippen LogP contribution in [0.3, 0.4) is 0 Å². The van der Waals surface area contributed by atoms with Crippen molar-refractivity contribution < 1.29 is 19.5 Å². The molecule has 94 valence electrons. The monoisotopic (exact) mass is 247 g/mol. The van der Waals surface area contributed by atoms with Crippen molar-refractivity contribution in [3.05, 3.63) is 35.9 Å². The fraction of sp³-hybridized carbons (Fsp3) is 0.308. The van der Waals surface area contributed by atoms with Gasteiger partial charge in [0.15, 0.2) is 5.78 Å². The first-order valence-corrected chi connectivity index (χ1v) is 5.69. The highest BCUT2D eigenvalue weighted by atomic mass is 16.4. The number of rotatable bonds is 2. The molecule has 5 nitrogen and oxygen atoms in total. The standard InChI is InChI=1S/C13H13NO4/c15-11-6-7-14(8-10(11)13(17)18)12(16)9-4-2-1-3-5-9/h1-5,10H,6-8H2,(H,17,18). The van der Waals surface area contributed by atoms with Crippen molar-refractivity contribution in [2.75, 3.05) is 13.1 Å². The summed E-state index contributed by atoms with van der Waals surface area (Å²) >= 11 is 0. The topological polar surface area (TPSA) is 74.7 Å². The molecule has 0 spiro atoms. The number of aliphatic carboxylic acids is 1. The van der Waals surface area contributed by atoms with Gasteiger partial charge in [0.25, 0.3) is 5.91 Å². The lowest BCUT2D eigenvalue weighted by atomic mass is 9.96. The number of Topliss-reactive ketones (excluding diaryl/α,β-unsaturated/α-hetero) is 1. The number of carbonyl (C=O) groups excluding carboxylic acids is 2. The van der Waals surface area contributed by atoms with E-state index in [1.807, 2.05) is 0 Å². The molecule has 5 heteroatoms. The Bertz CT molecular complexity index is 483. The third-order valence-electron chi connectivity index (χ3n) is 3.03. The van der Waals surface area contributed by atoms with E-state index in [0.717, 1.165) is 0 Å². The summed E-state index contributed by atoms with van der Waals surface area (Å²) in [6, 6.07) is 8.65. The molecule has 1 atom stereocenters. The van der Waals surface area contributed by atoms with E-state index in [-0.39, 0.29) is 31.2 Å². The second kappa shape index (κ2) is 5.00. The van der Waals surface area contributed by atoms with Gasteiger partial charge in [-0.1, -0.05) is 18.2 Å². The summed E-state index contributed by atoms with van der Waals surface area (Å²) in [6.07, 6.45) is 0.107. The highest BCUT2D eigenvalue weighted by Crippen LogP contribution is 2.16.